The van der Waals surface area contributed by atoms with Gasteiger partial charge in [0.2, 0.25) is 0 Å². The summed E-state index contributed by atoms with van der Waals surface area (Å²) < 4.78 is 26.1. The van der Waals surface area contributed by atoms with Gasteiger partial charge in [-0.3, -0.25) is 0 Å². The van der Waals surface area contributed by atoms with E-state index in [0.717, 1.165) is 16.9 Å². The van der Waals surface area contributed by atoms with E-state index in [-0.39, 0.29) is 19.8 Å². The lowest BCUT2D eigenvalue weighted by molar-refractivity contribution is -0.155. The van der Waals surface area contributed by atoms with Crippen molar-refractivity contribution < 1.29 is 38.4 Å². The molecule has 0 radical (unpaired) electrons. The van der Waals surface area contributed by atoms with E-state index < -0.39 is 29.9 Å². The fraction of sp³-hybridized carbons (Fsp3) is 0.364. The van der Waals surface area contributed by atoms with Gasteiger partial charge in [-0.2, -0.15) is 0 Å². The Hall–Kier alpha value is -3.10. The lowest BCUT2D eigenvalue weighted by atomic mass is 9.98. The third-order valence-electron chi connectivity index (χ3n) is 4.70. The van der Waals surface area contributed by atoms with Gasteiger partial charge in [-0.1, -0.05) is 42.5 Å². The quantitative estimate of drug-likeness (QED) is 0.656. The van der Waals surface area contributed by atoms with E-state index in [1.165, 1.54) is 6.92 Å². The van der Waals surface area contributed by atoms with E-state index in [1.807, 2.05) is 30.3 Å². The van der Waals surface area contributed by atoms with Crippen LogP contribution in [0.5, 0.6) is 5.75 Å². The van der Waals surface area contributed by atoms with Gasteiger partial charge in [0.05, 0.1) is 20.3 Å². The van der Waals surface area contributed by atoms with Crippen molar-refractivity contribution in [1.29, 1.82) is 0 Å². The maximum absolute atomic E-state index is 12.1. The fourth-order valence-electron chi connectivity index (χ4n) is 2.98. The standard InChI is InChI=1S/C22H24O8/c1-22(25)19(30-21(24)28-13-15-6-4-3-5-7-15)18(29-20(22)23)14-27-12-16-8-10-17(26-2)11-9-16/h3-11,18-19,25H,12-14H2,1-2H3/t18-,19-,22+/m1/s1. The molecule has 0 bridgehead atoms. The van der Waals surface area contributed by atoms with Crippen LogP contribution in [0.2, 0.25) is 0 Å². The first kappa shape index (κ1) is 21.6. The smallest absolute Gasteiger partial charge is 0.497 e. The van der Waals surface area contributed by atoms with Crippen LogP contribution >= 0.6 is 0 Å². The summed E-state index contributed by atoms with van der Waals surface area (Å²) in [5.41, 5.74) is -0.342. The summed E-state index contributed by atoms with van der Waals surface area (Å²) in [6, 6.07) is 16.3. The van der Waals surface area contributed by atoms with Gasteiger partial charge in [0.15, 0.2) is 17.8 Å². The van der Waals surface area contributed by atoms with Crippen LogP contribution in [-0.4, -0.2) is 48.8 Å². The minimum Gasteiger partial charge on any atom is -0.497 e. The highest BCUT2D eigenvalue weighted by Crippen LogP contribution is 2.29. The number of ether oxygens (including phenoxy) is 5. The molecule has 0 amide bonds. The topological polar surface area (TPSA) is 101 Å². The minimum absolute atomic E-state index is 0.00196. The Morgan fingerprint density at radius 1 is 1.07 bits per heavy atom. The normalized spacial score (nSPS) is 23.0. The number of methoxy groups -OCH3 is 1. The summed E-state index contributed by atoms with van der Waals surface area (Å²) in [7, 11) is 1.58. The van der Waals surface area contributed by atoms with Crippen LogP contribution in [0.3, 0.4) is 0 Å². The maximum atomic E-state index is 12.1. The first-order chi connectivity index (χ1) is 14.4. The number of benzene rings is 2. The Balaban J connectivity index is 1.54. The highest BCUT2D eigenvalue weighted by molar-refractivity contribution is 5.83. The Morgan fingerprint density at radius 2 is 1.73 bits per heavy atom. The highest BCUT2D eigenvalue weighted by Gasteiger charge is 2.56. The molecular formula is C22H24O8. The molecule has 3 rings (SSSR count). The van der Waals surface area contributed by atoms with E-state index in [4.69, 9.17) is 23.7 Å². The lowest BCUT2D eigenvalue weighted by Gasteiger charge is -2.23. The average molecular weight is 416 g/mol. The van der Waals surface area contributed by atoms with Crippen molar-refractivity contribution in [2.75, 3.05) is 13.7 Å². The van der Waals surface area contributed by atoms with Crippen molar-refractivity contribution in [1.82, 2.24) is 0 Å². The summed E-state index contributed by atoms with van der Waals surface area (Å²) in [5, 5.41) is 10.4. The van der Waals surface area contributed by atoms with Crippen LogP contribution in [-0.2, 0) is 37.0 Å². The molecule has 1 saturated heterocycles. The minimum atomic E-state index is -2.00. The Bertz CT molecular complexity index is 847. The summed E-state index contributed by atoms with van der Waals surface area (Å²) >= 11 is 0. The van der Waals surface area contributed by atoms with Crippen LogP contribution < -0.4 is 4.74 Å². The van der Waals surface area contributed by atoms with Crippen LogP contribution in [0.15, 0.2) is 54.6 Å². The lowest BCUT2D eigenvalue weighted by Crippen LogP contribution is -2.47. The fourth-order valence-corrected chi connectivity index (χ4v) is 2.98. The Morgan fingerprint density at radius 3 is 2.40 bits per heavy atom. The Kier molecular flexibility index (Phi) is 6.91. The molecule has 0 unspecified atom stereocenters. The molecule has 1 aliphatic rings. The molecule has 1 fully saturated rings. The van der Waals surface area contributed by atoms with Gasteiger partial charge >= 0.3 is 12.1 Å². The molecule has 8 heteroatoms. The number of aliphatic hydroxyl groups is 1. The zero-order valence-electron chi connectivity index (χ0n) is 16.8. The zero-order chi connectivity index (χ0) is 21.6. The Labute approximate surface area is 174 Å². The van der Waals surface area contributed by atoms with Gasteiger partial charge in [-0.25, -0.2) is 9.59 Å². The largest absolute Gasteiger partial charge is 0.509 e. The maximum Gasteiger partial charge on any atom is 0.509 e. The van der Waals surface area contributed by atoms with E-state index in [0.29, 0.717) is 0 Å². The van der Waals surface area contributed by atoms with Crippen LogP contribution in [0.4, 0.5) is 4.79 Å². The molecule has 0 saturated carbocycles. The van der Waals surface area contributed by atoms with Crippen molar-refractivity contribution in [3.8, 4) is 5.75 Å². The van der Waals surface area contributed by atoms with Crippen LogP contribution in [0, 0.1) is 0 Å². The molecule has 1 heterocycles. The van der Waals surface area contributed by atoms with Gasteiger partial charge in [0, 0.05) is 0 Å². The van der Waals surface area contributed by atoms with Crippen molar-refractivity contribution in [3.05, 3.63) is 65.7 Å². The van der Waals surface area contributed by atoms with E-state index >= 15 is 0 Å². The van der Waals surface area contributed by atoms with Gasteiger partial charge in [0.25, 0.3) is 0 Å². The number of hydrogen-bond acceptors (Lipinski definition) is 8. The second-order valence-electron chi connectivity index (χ2n) is 7.02. The molecule has 0 aromatic heterocycles. The van der Waals surface area contributed by atoms with Crippen molar-refractivity contribution >= 4 is 12.1 Å². The zero-order valence-corrected chi connectivity index (χ0v) is 16.8. The van der Waals surface area contributed by atoms with Gasteiger partial charge in [-0.05, 0) is 30.2 Å². The third-order valence-corrected chi connectivity index (χ3v) is 4.70. The second-order valence-corrected chi connectivity index (χ2v) is 7.02. The van der Waals surface area contributed by atoms with Gasteiger partial charge < -0.3 is 28.8 Å². The number of carbonyl (C=O) groups is 2. The molecule has 1 aliphatic heterocycles. The third kappa shape index (κ3) is 5.28. The molecule has 30 heavy (non-hydrogen) atoms. The van der Waals surface area contributed by atoms with Crippen LogP contribution in [0.1, 0.15) is 18.1 Å². The summed E-state index contributed by atoms with van der Waals surface area (Å²) in [6.07, 6.45) is -3.23. The molecule has 8 nitrogen and oxygen atoms in total. The SMILES string of the molecule is COc1ccc(COC[C@H]2OC(=O)[C@@](C)(O)[C@@H]2OC(=O)OCc2ccccc2)cc1. The first-order valence-electron chi connectivity index (χ1n) is 9.41. The predicted molar refractivity (Wildman–Crippen MR) is 105 cm³/mol. The van der Waals surface area contributed by atoms with Gasteiger partial charge in [0.1, 0.15) is 12.4 Å². The van der Waals surface area contributed by atoms with E-state index in [9.17, 15) is 14.7 Å². The first-order valence-corrected chi connectivity index (χ1v) is 9.41. The monoisotopic (exact) mass is 416 g/mol. The number of carbonyl (C=O) groups excluding carboxylic acids is 2. The van der Waals surface area contributed by atoms with Crippen molar-refractivity contribution in [3.63, 3.8) is 0 Å². The van der Waals surface area contributed by atoms with Crippen LogP contribution in [0.25, 0.3) is 0 Å². The number of hydrogen-bond donors (Lipinski definition) is 1. The second kappa shape index (κ2) is 9.60. The molecular weight excluding hydrogens is 392 g/mol. The average Bonchev–Trinajstić information content (AvgIpc) is 2.96. The van der Waals surface area contributed by atoms with E-state index in [1.54, 1.807) is 31.4 Å². The summed E-state index contributed by atoms with van der Waals surface area (Å²) in [5.74, 6) is -0.164. The van der Waals surface area contributed by atoms with Gasteiger partial charge in [-0.15, -0.1) is 0 Å². The molecule has 0 spiro atoms. The molecule has 2 aromatic carbocycles. The summed E-state index contributed by atoms with van der Waals surface area (Å²) in [6.45, 7) is 1.41. The number of esters is 1. The number of rotatable bonds is 8. The summed E-state index contributed by atoms with van der Waals surface area (Å²) in [4.78, 5) is 24.1. The predicted octanol–water partition coefficient (Wildman–Crippen LogP) is 2.61. The molecule has 1 N–H and O–H groups in total. The molecule has 160 valence electrons. The molecule has 3 atom stereocenters. The van der Waals surface area contributed by atoms with Crippen molar-refractivity contribution in [2.45, 2.75) is 37.9 Å². The molecule has 2 aromatic rings. The van der Waals surface area contributed by atoms with E-state index in [2.05, 4.69) is 0 Å². The highest BCUT2D eigenvalue weighted by atomic mass is 16.7. The number of cyclic esters (lactones) is 1. The molecule has 0 aliphatic carbocycles. The van der Waals surface area contributed by atoms with Crippen molar-refractivity contribution in [2.24, 2.45) is 0 Å².